The minimum atomic E-state index is -0.348. The van der Waals surface area contributed by atoms with E-state index in [-0.39, 0.29) is 16.9 Å². The van der Waals surface area contributed by atoms with E-state index >= 15 is 0 Å². The maximum atomic E-state index is 12.5. The summed E-state index contributed by atoms with van der Waals surface area (Å²) in [6.45, 7) is 4.51. The molecule has 0 N–H and O–H groups in total. The highest BCUT2D eigenvalue weighted by Crippen LogP contribution is 2.35. The second-order valence-electron chi connectivity index (χ2n) is 7.32. The molecule has 0 saturated carbocycles. The number of alkyl halides is 1. The van der Waals surface area contributed by atoms with Crippen LogP contribution in [0.25, 0.3) is 21.7 Å². The van der Waals surface area contributed by atoms with E-state index in [1.54, 1.807) is 13.2 Å². The Bertz CT molecular complexity index is 1190. The molecule has 4 rings (SSSR count). The van der Waals surface area contributed by atoms with E-state index in [0.717, 1.165) is 28.3 Å². The summed E-state index contributed by atoms with van der Waals surface area (Å²) in [5.74, 6) is 1.37. The lowest BCUT2D eigenvalue weighted by Gasteiger charge is -2.18. The zero-order valence-corrected chi connectivity index (χ0v) is 17.5. The summed E-state index contributed by atoms with van der Waals surface area (Å²) in [6, 6.07) is 9.48. The van der Waals surface area contributed by atoms with Crippen molar-refractivity contribution in [1.29, 1.82) is 0 Å². The fourth-order valence-electron chi connectivity index (χ4n) is 3.61. The maximum Gasteiger partial charge on any atom is 0.344 e. The first-order chi connectivity index (χ1) is 14.0. The predicted molar refractivity (Wildman–Crippen MR) is 117 cm³/mol. The van der Waals surface area contributed by atoms with Gasteiger partial charge in [0.25, 0.3) is 0 Å². The van der Waals surface area contributed by atoms with Crippen LogP contribution in [-0.4, -0.2) is 19.1 Å². The van der Waals surface area contributed by atoms with Crippen molar-refractivity contribution < 1.29 is 13.9 Å². The number of allylic oxidation sites excluding steroid dienone is 2. The van der Waals surface area contributed by atoms with Gasteiger partial charge >= 0.3 is 5.63 Å². The Balaban J connectivity index is 1.74. The van der Waals surface area contributed by atoms with Crippen LogP contribution in [0.5, 0.6) is 11.5 Å². The Labute approximate surface area is 174 Å². The van der Waals surface area contributed by atoms with Gasteiger partial charge in [0, 0.05) is 16.8 Å². The van der Waals surface area contributed by atoms with Gasteiger partial charge in [-0.1, -0.05) is 44.2 Å². The first-order valence-corrected chi connectivity index (χ1v) is 10.2. The molecule has 2 atom stereocenters. The summed E-state index contributed by atoms with van der Waals surface area (Å²) < 4.78 is 17.2. The van der Waals surface area contributed by atoms with Gasteiger partial charge in [-0.3, -0.25) is 0 Å². The summed E-state index contributed by atoms with van der Waals surface area (Å²) in [6.07, 6.45) is 6.91. The molecule has 150 valence electrons. The number of hydrogen-bond donors (Lipinski definition) is 0. The molecule has 0 aliphatic heterocycles. The molecule has 3 aromatic rings. The molecular weight excluding hydrogens is 388 g/mol. The van der Waals surface area contributed by atoms with Crippen LogP contribution >= 0.6 is 11.6 Å². The van der Waals surface area contributed by atoms with Crippen LogP contribution in [0, 0.1) is 5.92 Å². The number of benzene rings is 2. The molecular formula is C24H23ClO4. The molecule has 0 spiro atoms. The molecule has 5 heteroatoms. The van der Waals surface area contributed by atoms with E-state index in [2.05, 4.69) is 19.9 Å². The van der Waals surface area contributed by atoms with Gasteiger partial charge in [-0.05, 0) is 35.6 Å². The van der Waals surface area contributed by atoms with Gasteiger partial charge in [0.05, 0.1) is 17.9 Å². The summed E-state index contributed by atoms with van der Waals surface area (Å²) >= 11 is 6.21. The van der Waals surface area contributed by atoms with E-state index in [1.165, 1.54) is 0 Å². The van der Waals surface area contributed by atoms with Gasteiger partial charge in [0.1, 0.15) is 12.2 Å². The Hall–Kier alpha value is -2.72. The van der Waals surface area contributed by atoms with E-state index in [9.17, 15) is 4.79 Å². The summed E-state index contributed by atoms with van der Waals surface area (Å²) in [5.41, 5.74) is 2.27. The summed E-state index contributed by atoms with van der Waals surface area (Å²) in [7, 11) is 1.60. The largest absolute Gasteiger partial charge is 0.493 e. The van der Waals surface area contributed by atoms with Crippen molar-refractivity contribution >= 4 is 33.3 Å². The smallest absolute Gasteiger partial charge is 0.344 e. The van der Waals surface area contributed by atoms with Crippen molar-refractivity contribution in [3.63, 3.8) is 0 Å². The van der Waals surface area contributed by atoms with Gasteiger partial charge in [-0.2, -0.15) is 0 Å². The second kappa shape index (κ2) is 7.96. The number of aryl methyl sites for hydroxylation is 1. The van der Waals surface area contributed by atoms with Gasteiger partial charge in [0.15, 0.2) is 11.5 Å². The Morgan fingerprint density at radius 1 is 1.10 bits per heavy atom. The highest BCUT2D eigenvalue weighted by Gasteiger charge is 2.16. The quantitative estimate of drug-likeness (QED) is 0.310. The van der Waals surface area contributed by atoms with E-state index in [4.69, 9.17) is 25.5 Å². The molecule has 2 unspecified atom stereocenters. The van der Waals surface area contributed by atoms with Crippen molar-refractivity contribution in [2.24, 2.45) is 5.92 Å². The van der Waals surface area contributed by atoms with Crippen LogP contribution in [0.3, 0.4) is 0 Å². The van der Waals surface area contributed by atoms with Gasteiger partial charge in [0.2, 0.25) is 0 Å². The maximum absolute atomic E-state index is 12.5. The SMILES string of the molecule is CCc1ccc2c(c1)c(=O)oc1cc(OCC3=CC(C)C(Cl)C=C3)c(OC)cc12. The van der Waals surface area contributed by atoms with Gasteiger partial charge in [-0.25, -0.2) is 4.79 Å². The zero-order chi connectivity index (χ0) is 20.5. The molecule has 0 radical (unpaired) electrons. The van der Waals surface area contributed by atoms with Crippen molar-refractivity contribution in [2.45, 2.75) is 25.6 Å². The molecule has 0 amide bonds. The molecule has 0 bridgehead atoms. The third-order valence-corrected chi connectivity index (χ3v) is 5.88. The average Bonchev–Trinajstić information content (AvgIpc) is 2.74. The van der Waals surface area contributed by atoms with Crippen molar-refractivity contribution in [2.75, 3.05) is 13.7 Å². The molecule has 1 heterocycles. The Morgan fingerprint density at radius 2 is 1.93 bits per heavy atom. The Kier molecular flexibility index (Phi) is 5.37. The van der Waals surface area contributed by atoms with E-state index < -0.39 is 0 Å². The number of methoxy groups -OCH3 is 1. The third kappa shape index (κ3) is 3.77. The lowest BCUT2D eigenvalue weighted by atomic mass is 9.98. The number of rotatable bonds is 5. The topological polar surface area (TPSA) is 48.7 Å². The van der Waals surface area contributed by atoms with Crippen LogP contribution in [0.4, 0.5) is 0 Å². The second-order valence-corrected chi connectivity index (χ2v) is 7.82. The van der Waals surface area contributed by atoms with Crippen LogP contribution in [-0.2, 0) is 6.42 Å². The minimum Gasteiger partial charge on any atom is -0.493 e. The van der Waals surface area contributed by atoms with Crippen LogP contribution < -0.4 is 15.1 Å². The lowest BCUT2D eigenvalue weighted by Crippen LogP contribution is -2.13. The molecule has 1 aromatic heterocycles. The number of fused-ring (bicyclic) bond motifs is 3. The molecule has 29 heavy (non-hydrogen) atoms. The zero-order valence-electron chi connectivity index (χ0n) is 16.7. The number of hydrogen-bond acceptors (Lipinski definition) is 4. The molecule has 1 aliphatic rings. The molecule has 2 aromatic carbocycles. The van der Waals surface area contributed by atoms with Gasteiger partial charge in [-0.15, -0.1) is 11.6 Å². The van der Waals surface area contributed by atoms with Crippen molar-refractivity contribution in [3.05, 3.63) is 70.1 Å². The average molecular weight is 411 g/mol. The highest BCUT2D eigenvalue weighted by atomic mass is 35.5. The minimum absolute atomic E-state index is 0.00438. The standard InChI is InChI=1S/C24H23ClO4/c1-4-15-5-7-17-18-11-22(27-3)23(12-21(18)29-24(26)19(17)10-15)28-13-16-6-8-20(25)14(2)9-16/h5-12,14,20H,4,13H2,1-3H3. The fourth-order valence-corrected chi connectivity index (χ4v) is 3.76. The first kappa shape index (κ1) is 19.6. The monoisotopic (exact) mass is 410 g/mol. The number of ether oxygens (including phenoxy) is 2. The van der Waals surface area contributed by atoms with Crippen LogP contribution in [0.15, 0.2) is 63.3 Å². The molecule has 4 nitrogen and oxygen atoms in total. The summed E-state index contributed by atoms with van der Waals surface area (Å²) in [4.78, 5) is 12.5. The molecule has 0 saturated heterocycles. The molecule has 0 fully saturated rings. The van der Waals surface area contributed by atoms with Crippen LogP contribution in [0.1, 0.15) is 19.4 Å². The van der Waals surface area contributed by atoms with Crippen molar-refractivity contribution in [1.82, 2.24) is 0 Å². The fraction of sp³-hybridized carbons (Fsp3) is 0.292. The lowest BCUT2D eigenvalue weighted by molar-refractivity contribution is 0.320. The van der Waals surface area contributed by atoms with E-state index in [1.807, 2.05) is 36.4 Å². The van der Waals surface area contributed by atoms with Crippen molar-refractivity contribution in [3.8, 4) is 11.5 Å². The van der Waals surface area contributed by atoms with Crippen LogP contribution in [0.2, 0.25) is 0 Å². The normalized spacial score (nSPS) is 18.8. The third-order valence-electron chi connectivity index (χ3n) is 5.34. The Morgan fingerprint density at radius 3 is 2.66 bits per heavy atom. The summed E-state index contributed by atoms with van der Waals surface area (Å²) in [5, 5.41) is 2.25. The predicted octanol–water partition coefficient (Wildman–Crippen LogP) is 5.64. The first-order valence-electron chi connectivity index (χ1n) is 9.73. The van der Waals surface area contributed by atoms with E-state index in [0.29, 0.717) is 29.1 Å². The number of halogens is 1. The van der Waals surface area contributed by atoms with Gasteiger partial charge < -0.3 is 13.9 Å². The molecule has 1 aliphatic carbocycles. The highest BCUT2D eigenvalue weighted by molar-refractivity contribution is 6.22.